The second-order valence-corrected chi connectivity index (χ2v) is 8.04. The van der Waals surface area contributed by atoms with Crippen molar-refractivity contribution in [3.63, 3.8) is 0 Å². The molecule has 0 aliphatic heterocycles. The molecule has 3 heterocycles. The SMILES string of the molecule is CN/C=C(\C=N\C[C@@H](O)CO)c1cn2nccc2c(-c2cnn([C@@H]3CCC[C@@H]3C)c2)n1. The summed E-state index contributed by atoms with van der Waals surface area (Å²) in [5.74, 6) is 0.623. The molecular weight excluding hydrogens is 394 g/mol. The average Bonchev–Trinajstić information content (AvgIpc) is 3.52. The van der Waals surface area contributed by atoms with Gasteiger partial charge in [0.25, 0.3) is 0 Å². The number of hydrogen-bond acceptors (Lipinski definition) is 7. The van der Waals surface area contributed by atoms with Crippen LogP contribution in [0.25, 0.3) is 22.3 Å². The Hall–Kier alpha value is -3.04. The summed E-state index contributed by atoms with van der Waals surface area (Å²) in [5, 5.41) is 30.6. The first-order chi connectivity index (χ1) is 15.1. The molecule has 1 saturated carbocycles. The van der Waals surface area contributed by atoms with Gasteiger partial charge in [-0.1, -0.05) is 13.3 Å². The highest BCUT2D eigenvalue weighted by Crippen LogP contribution is 2.36. The minimum Gasteiger partial charge on any atom is -0.394 e. The Kier molecular flexibility index (Phi) is 6.43. The van der Waals surface area contributed by atoms with Crippen LogP contribution in [0.1, 0.15) is 37.9 Å². The van der Waals surface area contributed by atoms with Gasteiger partial charge in [0.05, 0.1) is 60.8 Å². The molecule has 3 aromatic heterocycles. The van der Waals surface area contributed by atoms with Crippen molar-refractivity contribution in [3.05, 3.63) is 42.7 Å². The van der Waals surface area contributed by atoms with Crippen LogP contribution in [-0.4, -0.2) is 67.1 Å². The fourth-order valence-electron chi connectivity index (χ4n) is 4.10. The molecule has 164 valence electrons. The minimum atomic E-state index is -0.881. The van der Waals surface area contributed by atoms with Crippen molar-refractivity contribution in [1.29, 1.82) is 0 Å². The Balaban J connectivity index is 1.71. The normalized spacial score (nSPS) is 20.7. The maximum absolute atomic E-state index is 9.55. The van der Waals surface area contributed by atoms with E-state index in [0.717, 1.165) is 28.8 Å². The monoisotopic (exact) mass is 423 g/mol. The lowest BCUT2D eigenvalue weighted by Crippen LogP contribution is -2.15. The van der Waals surface area contributed by atoms with Crippen LogP contribution in [-0.2, 0) is 0 Å². The zero-order chi connectivity index (χ0) is 21.8. The van der Waals surface area contributed by atoms with Crippen LogP contribution in [0, 0.1) is 5.92 Å². The third-order valence-electron chi connectivity index (χ3n) is 5.77. The lowest BCUT2D eigenvalue weighted by atomic mass is 10.1. The molecule has 9 nitrogen and oxygen atoms in total. The maximum atomic E-state index is 9.55. The van der Waals surface area contributed by atoms with Crippen LogP contribution >= 0.6 is 0 Å². The average molecular weight is 424 g/mol. The number of allylic oxidation sites excluding steroid dienone is 1. The molecule has 31 heavy (non-hydrogen) atoms. The van der Waals surface area contributed by atoms with E-state index in [9.17, 15) is 5.11 Å². The summed E-state index contributed by atoms with van der Waals surface area (Å²) in [6, 6.07) is 2.37. The smallest absolute Gasteiger partial charge is 0.0999 e. The number of aliphatic hydroxyl groups is 2. The van der Waals surface area contributed by atoms with Crippen LogP contribution in [0.5, 0.6) is 0 Å². The number of aliphatic hydroxyl groups excluding tert-OH is 2. The van der Waals surface area contributed by atoms with Gasteiger partial charge in [-0.2, -0.15) is 10.2 Å². The van der Waals surface area contributed by atoms with Gasteiger partial charge in [0.15, 0.2) is 0 Å². The molecule has 0 aromatic carbocycles. The Morgan fingerprint density at radius 2 is 2.23 bits per heavy atom. The van der Waals surface area contributed by atoms with Gasteiger partial charge >= 0.3 is 0 Å². The van der Waals surface area contributed by atoms with Crippen molar-refractivity contribution < 1.29 is 10.2 Å². The largest absolute Gasteiger partial charge is 0.394 e. The number of rotatable bonds is 8. The summed E-state index contributed by atoms with van der Waals surface area (Å²) < 4.78 is 3.88. The summed E-state index contributed by atoms with van der Waals surface area (Å²) >= 11 is 0. The molecule has 0 amide bonds. The highest BCUT2D eigenvalue weighted by Gasteiger charge is 2.26. The van der Waals surface area contributed by atoms with Gasteiger partial charge in [0, 0.05) is 36.8 Å². The molecule has 0 radical (unpaired) electrons. The summed E-state index contributed by atoms with van der Waals surface area (Å²) in [4.78, 5) is 9.16. The highest BCUT2D eigenvalue weighted by molar-refractivity contribution is 6.09. The Morgan fingerprint density at radius 1 is 1.35 bits per heavy atom. The van der Waals surface area contributed by atoms with Crippen molar-refractivity contribution in [2.45, 2.75) is 38.3 Å². The second kappa shape index (κ2) is 9.40. The van der Waals surface area contributed by atoms with Crippen LogP contribution in [0.2, 0.25) is 0 Å². The van der Waals surface area contributed by atoms with Crippen molar-refractivity contribution in [1.82, 2.24) is 29.7 Å². The van der Waals surface area contributed by atoms with Crippen LogP contribution in [0.3, 0.4) is 0 Å². The van der Waals surface area contributed by atoms with Gasteiger partial charge in [-0.05, 0) is 24.8 Å². The quantitative estimate of drug-likeness (QED) is 0.477. The second-order valence-electron chi connectivity index (χ2n) is 8.04. The van der Waals surface area contributed by atoms with Crippen molar-refractivity contribution in [3.8, 4) is 11.3 Å². The summed E-state index contributed by atoms with van der Waals surface area (Å²) in [7, 11) is 1.80. The maximum Gasteiger partial charge on any atom is 0.0999 e. The number of nitrogens with one attached hydrogen (secondary N) is 1. The highest BCUT2D eigenvalue weighted by atomic mass is 16.3. The lowest BCUT2D eigenvalue weighted by molar-refractivity contribution is 0.102. The Bertz CT molecular complexity index is 1080. The molecule has 4 rings (SSSR count). The number of aliphatic imine (C=N–C) groups is 1. The van der Waals surface area contributed by atoms with Gasteiger partial charge in [0.2, 0.25) is 0 Å². The Morgan fingerprint density at radius 3 is 2.97 bits per heavy atom. The lowest BCUT2D eigenvalue weighted by Gasteiger charge is -2.15. The molecule has 3 N–H and O–H groups in total. The molecule has 0 bridgehead atoms. The van der Waals surface area contributed by atoms with Gasteiger partial charge in [0.1, 0.15) is 0 Å². The topological polar surface area (TPSA) is 113 Å². The molecule has 1 aliphatic rings. The van der Waals surface area contributed by atoms with E-state index in [-0.39, 0.29) is 13.2 Å². The number of aromatic nitrogens is 5. The number of nitrogens with zero attached hydrogens (tertiary/aromatic N) is 6. The molecule has 9 heteroatoms. The third kappa shape index (κ3) is 4.52. The van der Waals surface area contributed by atoms with E-state index in [1.807, 2.05) is 18.5 Å². The van der Waals surface area contributed by atoms with Crippen LogP contribution in [0.4, 0.5) is 0 Å². The predicted octanol–water partition coefficient (Wildman–Crippen LogP) is 1.94. The van der Waals surface area contributed by atoms with E-state index in [0.29, 0.717) is 17.7 Å². The molecule has 1 fully saturated rings. The van der Waals surface area contributed by atoms with E-state index >= 15 is 0 Å². The van der Waals surface area contributed by atoms with E-state index in [4.69, 9.17) is 10.1 Å². The van der Waals surface area contributed by atoms with E-state index < -0.39 is 6.10 Å². The third-order valence-corrected chi connectivity index (χ3v) is 5.77. The molecular formula is C22H29N7O2. The standard InChI is InChI=1S/C22H29N7O2/c1-15-4-3-5-20(15)28-12-17(10-26-28)22-21-6-7-25-29(21)13-19(27-22)16(8-23-2)9-24-11-18(31)14-30/h6-10,12-13,15,18,20,23,30-31H,3-5,11,14H2,1-2H3/b16-8+,24-9+/t15-,18+,20+/m0/s1. The first kappa shape index (κ1) is 21.2. The zero-order valence-electron chi connectivity index (χ0n) is 17.9. The zero-order valence-corrected chi connectivity index (χ0v) is 17.9. The predicted molar refractivity (Wildman–Crippen MR) is 120 cm³/mol. The van der Waals surface area contributed by atoms with Gasteiger partial charge in [-0.3, -0.25) is 9.67 Å². The van der Waals surface area contributed by atoms with Crippen molar-refractivity contribution in [2.75, 3.05) is 20.2 Å². The summed E-state index contributed by atoms with van der Waals surface area (Å²) in [6.07, 6.45) is 13.7. The van der Waals surface area contributed by atoms with Gasteiger partial charge in [-0.15, -0.1) is 0 Å². The van der Waals surface area contributed by atoms with E-state index in [2.05, 4.69) is 38.3 Å². The fraction of sp³-hybridized carbons (Fsp3) is 0.455. The summed E-state index contributed by atoms with van der Waals surface area (Å²) in [6.45, 7) is 2.07. The molecule has 0 spiro atoms. The van der Waals surface area contributed by atoms with Crippen molar-refractivity contribution in [2.24, 2.45) is 10.9 Å². The van der Waals surface area contributed by atoms with Crippen LogP contribution < -0.4 is 5.32 Å². The van der Waals surface area contributed by atoms with Gasteiger partial charge in [-0.25, -0.2) is 9.50 Å². The molecule has 3 aromatic rings. The van der Waals surface area contributed by atoms with E-state index in [1.54, 1.807) is 30.2 Å². The first-order valence-electron chi connectivity index (χ1n) is 10.7. The summed E-state index contributed by atoms with van der Waals surface area (Å²) in [5.41, 5.74) is 4.08. The molecule has 0 saturated heterocycles. The fourth-order valence-corrected chi connectivity index (χ4v) is 4.10. The number of hydrogen-bond donors (Lipinski definition) is 3. The molecule has 1 aliphatic carbocycles. The minimum absolute atomic E-state index is 0.112. The molecule has 0 unspecified atom stereocenters. The number of fused-ring (bicyclic) bond motifs is 1. The van der Waals surface area contributed by atoms with Crippen LogP contribution in [0.15, 0.2) is 42.0 Å². The first-order valence-corrected chi connectivity index (χ1v) is 10.7. The van der Waals surface area contributed by atoms with E-state index in [1.165, 1.54) is 12.8 Å². The molecule has 3 atom stereocenters. The van der Waals surface area contributed by atoms with Crippen molar-refractivity contribution >= 4 is 17.3 Å². The van der Waals surface area contributed by atoms with Gasteiger partial charge < -0.3 is 15.5 Å². The Labute approximate surface area is 181 Å².